The Balaban J connectivity index is 1.56. The standard InChI is InChI=1S/C19H26FN3O2/c1-14(11-22-10-2-3-18(22)24)21-19(25)23(12-15-4-5-15)13-16-6-8-17(20)9-7-16/h6-9,14-15H,2-5,10-13H2,1H3,(H,21,25)/t14-/m0/s1. The van der Waals surface area contributed by atoms with E-state index in [0.29, 0.717) is 25.4 Å². The fraction of sp³-hybridized carbons (Fsp3) is 0.579. The Morgan fingerprint density at radius 1 is 1.36 bits per heavy atom. The van der Waals surface area contributed by atoms with Gasteiger partial charge in [0.05, 0.1) is 0 Å². The summed E-state index contributed by atoms with van der Waals surface area (Å²) in [5, 5.41) is 3.01. The lowest BCUT2D eigenvalue weighted by molar-refractivity contribution is -0.127. The molecular weight excluding hydrogens is 321 g/mol. The van der Waals surface area contributed by atoms with Crippen molar-refractivity contribution < 1.29 is 14.0 Å². The highest BCUT2D eigenvalue weighted by atomic mass is 19.1. The molecule has 1 aromatic rings. The molecular formula is C19H26FN3O2. The average Bonchev–Trinajstić information content (AvgIpc) is 3.31. The van der Waals surface area contributed by atoms with Gasteiger partial charge in [-0.2, -0.15) is 0 Å². The number of urea groups is 1. The van der Waals surface area contributed by atoms with Crippen molar-refractivity contribution in [3.63, 3.8) is 0 Å². The van der Waals surface area contributed by atoms with E-state index >= 15 is 0 Å². The molecule has 1 heterocycles. The number of carbonyl (C=O) groups excluding carboxylic acids is 2. The third-order valence-corrected chi connectivity index (χ3v) is 4.78. The number of nitrogens with zero attached hydrogens (tertiary/aromatic N) is 2. The summed E-state index contributed by atoms with van der Waals surface area (Å²) in [5.74, 6) is 0.467. The second kappa shape index (κ2) is 7.85. The largest absolute Gasteiger partial charge is 0.341 e. The molecule has 0 spiro atoms. The van der Waals surface area contributed by atoms with Crippen molar-refractivity contribution in [1.29, 1.82) is 0 Å². The van der Waals surface area contributed by atoms with Gasteiger partial charge in [0.15, 0.2) is 0 Å². The van der Waals surface area contributed by atoms with Crippen LogP contribution in [-0.4, -0.2) is 47.4 Å². The van der Waals surface area contributed by atoms with Crippen LogP contribution >= 0.6 is 0 Å². The maximum atomic E-state index is 13.1. The SMILES string of the molecule is C[C@@H](CN1CCCC1=O)NC(=O)N(Cc1ccc(F)cc1)CC1CC1. The summed E-state index contributed by atoms with van der Waals surface area (Å²) in [5.41, 5.74) is 0.916. The number of halogens is 1. The van der Waals surface area contributed by atoms with Crippen molar-refractivity contribution in [2.75, 3.05) is 19.6 Å². The van der Waals surface area contributed by atoms with Crippen molar-refractivity contribution >= 4 is 11.9 Å². The minimum absolute atomic E-state index is 0.0931. The summed E-state index contributed by atoms with van der Waals surface area (Å²) in [4.78, 5) is 28.0. The maximum Gasteiger partial charge on any atom is 0.317 e. The molecule has 1 saturated carbocycles. The van der Waals surface area contributed by atoms with Gasteiger partial charge in [0.1, 0.15) is 5.82 Å². The van der Waals surface area contributed by atoms with Gasteiger partial charge < -0.3 is 15.1 Å². The Morgan fingerprint density at radius 2 is 2.08 bits per heavy atom. The molecule has 1 atom stereocenters. The van der Waals surface area contributed by atoms with Crippen LogP contribution in [0.5, 0.6) is 0 Å². The van der Waals surface area contributed by atoms with E-state index in [1.807, 2.05) is 11.8 Å². The molecule has 136 valence electrons. The summed E-state index contributed by atoms with van der Waals surface area (Å²) < 4.78 is 13.1. The van der Waals surface area contributed by atoms with Gasteiger partial charge in [-0.3, -0.25) is 4.79 Å². The molecule has 2 fully saturated rings. The van der Waals surface area contributed by atoms with Crippen molar-refractivity contribution in [3.8, 4) is 0 Å². The quantitative estimate of drug-likeness (QED) is 0.825. The number of amides is 3. The summed E-state index contributed by atoms with van der Waals surface area (Å²) in [7, 11) is 0. The van der Waals surface area contributed by atoms with E-state index in [4.69, 9.17) is 0 Å². The topological polar surface area (TPSA) is 52.7 Å². The zero-order chi connectivity index (χ0) is 17.8. The molecule has 3 rings (SSSR count). The lowest BCUT2D eigenvalue weighted by Gasteiger charge is -2.27. The summed E-state index contributed by atoms with van der Waals surface area (Å²) >= 11 is 0. The first kappa shape index (κ1) is 17.7. The van der Waals surface area contributed by atoms with E-state index in [-0.39, 0.29) is 23.8 Å². The van der Waals surface area contributed by atoms with Crippen LogP contribution in [-0.2, 0) is 11.3 Å². The van der Waals surface area contributed by atoms with Crippen LogP contribution in [0.4, 0.5) is 9.18 Å². The van der Waals surface area contributed by atoms with Crippen molar-refractivity contribution in [2.24, 2.45) is 5.92 Å². The number of benzene rings is 1. The van der Waals surface area contributed by atoms with Gasteiger partial charge in [0.2, 0.25) is 5.91 Å². The molecule has 0 aromatic heterocycles. The molecule has 3 amide bonds. The van der Waals surface area contributed by atoms with E-state index in [1.165, 1.54) is 12.1 Å². The molecule has 25 heavy (non-hydrogen) atoms. The van der Waals surface area contributed by atoms with Gasteiger partial charge in [-0.1, -0.05) is 12.1 Å². The van der Waals surface area contributed by atoms with Crippen molar-refractivity contribution in [1.82, 2.24) is 15.1 Å². The number of hydrogen-bond acceptors (Lipinski definition) is 2. The van der Waals surface area contributed by atoms with Gasteiger partial charge in [-0.15, -0.1) is 0 Å². The Hall–Kier alpha value is -2.11. The maximum absolute atomic E-state index is 13.1. The van der Waals surface area contributed by atoms with E-state index < -0.39 is 0 Å². The third-order valence-electron chi connectivity index (χ3n) is 4.78. The molecule has 6 heteroatoms. The molecule has 1 saturated heterocycles. The predicted molar refractivity (Wildman–Crippen MR) is 93.3 cm³/mol. The van der Waals surface area contributed by atoms with Gasteiger partial charge in [0, 0.05) is 38.6 Å². The summed E-state index contributed by atoms with van der Waals surface area (Å²) in [6.45, 7) is 4.45. The molecule has 1 N–H and O–H groups in total. The third kappa shape index (κ3) is 5.18. The first-order valence-corrected chi connectivity index (χ1v) is 9.09. The molecule has 1 aromatic carbocycles. The average molecular weight is 347 g/mol. The van der Waals surface area contributed by atoms with Crippen LogP contribution in [0, 0.1) is 11.7 Å². The van der Waals surface area contributed by atoms with Gasteiger partial charge in [0.25, 0.3) is 0 Å². The normalized spacial score (nSPS) is 18.3. The first-order chi connectivity index (χ1) is 12.0. The Bertz CT molecular complexity index is 616. The Labute approximate surface area is 148 Å². The zero-order valence-electron chi connectivity index (χ0n) is 14.7. The van der Waals surface area contributed by atoms with Gasteiger partial charge >= 0.3 is 6.03 Å². The van der Waals surface area contributed by atoms with Gasteiger partial charge in [-0.05, 0) is 49.8 Å². The lowest BCUT2D eigenvalue weighted by Crippen LogP contribution is -2.48. The van der Waals surface area contributed by atoms with E-state index in [9.17, 15) is 14.0 Å². The highest BCUT2D eigenvalue weighted by Crippen LogP contribution is 2.30. The van der Waals surface area contributed by atoms with Crippen LogP contribution in [0.3, 0.4) is 0 Å². The smallest absolute Gasteiger partial charge is 0.317 e. The molecule has 2 aliphatic rings. The highest BCUT2D eigenvalue weighted by Gasteiger charge is 2.28. The number of nitrogens with one attached hydrogen (secondary N) is 1. The van der Waals surface area contributed by atoms with Crippen LogP contribution in [0.25, 0.3) is 0 Å². The van der Waals surface area contributed by atoms with Crippen LogP contribution in [0.15, 0.2) is 24.3 Å². The zero-order valence-corrected chi connectivity index (χ0v) is 14.7. The molecule has 0 unspecified atom stereocenters. The first-order valence-electron chi connectivity index (χ1n) is 9.09. The Kier molecular flexibility index (Phi) is 5.56. The fourth-order valence-corrected chi connectivity index (χ4v) is 3.22. The molecule has 1 aliphatic heterocycles. The van der Waals surface area contributed by atoms with E-state index in [0.717, 1.165) is 37.9 Å². The molecule has 0 bridgehead atoms. The van der Waals surface area contributed by atoms with E-state index in [2.05, 4.69) is 5.32 Å². The minimum Gasteiger partial charge on any atom is -0.341 e. The second-order valence-electron chi connectivity index (χ2n) is 7.24. The number of hydrogen-bond donors (Lipinski definition) is 1. The monoisotopic (exact) mass is 347 g/mol. The summed E-state index contributed by atoms with van der Waals surface area (Å²) in [6.07, 6.45) is 3.83. The van der Waals surface area contributed by atoms with E-state index in [1.54, 1.807) is 17.0 Å². The highest BCUT2D eigenvalue weighted by molar-refractivity contribution is 5.78. The van der Waals surface area contributed by atoms with Crippen molar-refractivity contribution in [2.45, 2.75) is 45.2 Å². The minimum atomic E-state index is -0.272. The molecule has 1 aliphatic carbocycles. The predicted octanol–water partition coefficient (Wildman–Crippen LogP) is 2.76. The summed E-state index contributed by atoms with van der Waals surface area (Å²) in [6, 6.07) is 6.07. The number of rotatable bonds is 7. The Morgan fingerprint density at radius 3 is 2.68 bits per heavy atom. The lowest BCUT2D eigenvalue weighted by atomic mass is 10.2. The van der Waals surface area contributed by atoms with Gasteiger partial charge in [-0.25, -0.2) is 9.18 Å². The number of likely N-dealkylation sites (tertiary alicyclic amines) is 1. The van der Waals surface area contributed by atoms with Crippen LogP contribution in [0.1, 0.15) is 38.2 Å². The van der Waals surface area contributed by atoms with Crippen LogP contribution in [0.2, 0.25) is 0 Å². The van der Waals surface area contributed by atoms with Crippen molar-refractivity contribution in [3.05, 3.63) is 35.6 Å². The molecule has 0 radical (unpaired) electrons. The van der Waals surface area contributed by atoms with Crippen LogP contribution < -0.4 is 5.32 Å². The molecule has 5 nitrogen and oxygen atoms in total. The number of carbonyl (C=O) groups is 2. The second-order valence-corrected chi connectivity index (χ2v) is 7.24. The fourth-order valence-electron chi connectivity index (χ4n) is 3.22.